The van der Waals surface area contributed by atoms with Gasteiger partial charge in [0.25, 0.3) is 0 Å². The molecule has 2 heterocycles. The van der Waals surface area contributed by atoms with Crippen molar-refractivity contribution >= 4 is 11.4 Å². The summed E-state index contributed by atoms with van der Waals surface area (Å²) in [6, 6.07) is 8.78. The zero-order valence-electron chi connectivity index (χ0n) is 12.8. The van der Waals surface area contributed by atoms with Crippen LogP contribution in [0.5, 0.6) is 5.75 Å². The van der Waals surface area contributed by atoms with E-state index in [0.29, 0.717) is 32.0 Å². The van der Waals surface area contributed by atoms with Gasteiger partial charge in [-0.1, -0.05) is 6.07 Å². The predicted octanol–water partition coefficient (Wildman–Crippen LogP) is 3.16. The smallest absolute Gasteiger partial charge is 0.333 e. The van der Waals surface area contributed by atoms with Crippen LogP contribution in [0.15, 0.2) is 41.0 Å². The van der Waals surface area contributed by atoms with Crippen LogP contribution in [-0.2, 0) is 4.74 Å². The molecule has 23 heavy (non-hydrogen) atoms. The van der Waals surface area contributed by atoms with Gasteiger partial charge in [0.15, 0.2) is 5.75 Å². The molecule has 1 aromatic heterocycles. The van der Waals surface area contributed by atoms with Gasteiger partial charge in [-0.2, -0.15) is 0 Å². The molecule has 1 fully saturated rings. The molecule has 0 amide bonds. The summed E-state index contributed by atoms with van der Waals surface area (Å²) in [5.74, 6) is 1.01. The standard InChI is InChI=1S/C16H18N2O5/c1-2-21-14-6-3-5-12(16(14)18(19)20)17-8-10-23-15(11-17)13-7-4-9-22-13/h3-7,9,15H,2,8,10-11H2,1H3. The molecule has 1 atom stereocenters. The Labute approximate surface area is 133 Å². The molecule has 0 radical (unpaired) electrons. The van der Waals surface area contributed by atoms with Crippen molar-refractivity contribution in [3.8, 4) is 5.75 Å². The Morgan fingerprint density at radius 3 is 2.96 bits per heavy atom. The van der Waals surface area contributed by atoms with Gasteiger partial charge in [0.2, 0.25) is 0 Å². The molecule has 0 bridgehead atoms. The van der Waals surface area contributed by atoms with Gasteiger partial charge in [-0.25, -0.2) is 0 Å². The highest BCUT2D eigenvalue weighted by Gasteiger charge is 2.30. The molecule has 0 saturated carbocycles. The molecule has 0 aliphatic carbocycles. The Morgan fingerprint density at radius 1 is 1.39 bits per heavy atom. The van der Waals surface area contributed by atoms with E-state index < -0.39 is 4.92 Å². The van der Waals surface area contributed by atoms with Gasteiger partial charge < -0.3 is 18.8 Å². The second-order valence-electron chi connectivity index (χ2n) is 5.13. The van der Waals surface area contributed by atoms with Crippen LogP contribution >= 0.6 is 0 Å². The largest absolute Gasteiger partial charge is 0.487 e. The number of nitro groups is 1. The summed E-state index contributed by atoms with van der Waals surface area (Å²) in [6.07, 6.45) is 1.35. The van der Waals surface area contributed by atoms with E-state index in [0.717, 1.165) is 5.76 Å². The van der Waals surface area contributed by atoms with Crippen LogP contribution in [0.3, 0.4) is 0 Å². The van der Waals surface area contributed by atoms with E-state index in [-0.39, 0.29) is 17.5 Å². The van der Waals surface area contributed by atoms with E-state index in [4.69, 9.17) is 13.9 Å². The van der Waals surface area contributed by atoms with Gasteiger partial charge in [0.05, 0.1) is 30.9 Å². The van der Waals surface area contributed by atoms with E-state index in [1.165, 1.54) is 0 Å². The Balaban J connectivity index is 1.91. The van der Waals surface area contributed by atoms with Gasteiger partial charge in [-0.15, -0.1) is 0 Å². The van der Waals surface area contributed by atoms with Crippen LogP contribution in [0, 0.1) is 10.1 Å². The number of hydrogen-bond acceptors (Lipinski definition) is 6. The Kier molecular flexibility index (Phi) is 4.47. The van der Waals surface area contributed by atoms with E-state index in [2.05, 4.69) is 0 Å². The van der Waals surface area contributed by atoms with Crippen molar-refractivity contribution in [2.24, 2.45) is 0 Å². The highest BCUT2D eigenvalue weighted by molar-refractivity contribution is 5.70. The number of furan rings is 1. The molecule has 7 heteroatoms. The zero-order chi connectivity index (χ0) is 16.2. The lowest BCUT2D eigenvalue weighted by molar-refractivity contribution is -0.385. The van der Waals surface area contributed by atoms with Crippen LogP contribution in [0.1, 0.15) is 18.8 Å². The Morgan fingerprint density at radius 2 is 2.26 bits per heavy atom. The molecular weight excluding hydrogens is 300 g/mol. The summed E-state index contributed by atoms with van der Waals surface area (Å²) in [5.41, 5.74) is 0.537. The molecule has 1 aliphatic heterocycles. The molecule has 3 rings (SSSR count). The normalized spacial score (nSPS) is 18.0. The lowest BCUT2D eigenvalue weighted by Crippen LogP contribution is -2.38. The Hall–Kier alpha value is -2.54. The second-order valence-corrected chi connectivity index (χ2v) is 5.13. The topological polar surface area (TPSA) is 78.0 Å². The number of benzene rings is 1. The minimum Gasteiger partial charge on any atom is -0.487 e. The van der Waals surface area contributed by atoms with Crippen LogP contribution < -0.4 is 9.64 Å². The fourth-order valence-corrected chi connectivity index (χ4v) is 2.74. The zero-order valence-corrected chi connectivity index (χ0v) is 12.8. The average Bonchev–Trinajstić information content (AvgIpc) is 3.09. The molecule has 0 N–H and O–H groups in total. The molecule has 1 unspecified atom stereocenters. The number of rotatable bonds is 5. The van der Waals surface area contributed by atoms with Crippen molar-refractivity contribution in [1.82, 2.24) is 0 Å². The van der Waals surface area contributed by atoms with Crippen molar-refractivity contribution in [3.05, 3.63) is 52.5 Å². The number of nitrogens with zero attached hydrogens (tertiary/aromatic N) is 2. The minimum absolute atomic E-state index is 0.00514. The average molecular weight is 318 g/mol. The maximum Gasteiger partial charge on any atom is 0.333 e. The van der Waals surface area contributed by atoms with Crippen LogP contribution in [0.25, 0.3) is 0 Å². The highest BCUT2D eigenvalue weighted by atomic mass is 16.6. The lowest BCUT2D eigenvalue weighted by Gasteiger charge is -2.33. The SMILES string of the molecule is CCOc1cccc(N2CCOC(c3ccco3)C2)c1[N+](=O)[O-]. The summed E-state index contributed by atoms with van der Waals surface area (Å²) in [6.45, 7) is 3.72. The van der Waals surface area contributed by atoms with E-state index in [9.17, 15) is 10.1 Å². The van der Waals surface area contributed by atoms with Crippen molar-refractivity contribution in [1.29, 1.82) is 0 Å². The molecule has 1 saturated heterocycles. The van der Waals surface area contributed by atoms with E-state index in [1.54, 1.807) is 37.5 Å². The fraction of sp³-hybridized carbons (Fsp3) is 0.375. The highest BCUT2D eigenvalue weighted by Crippen LogP contribution is 2.39. The molecule has 7 nitrogen and oxygen atoms in total. The summed E-state index contributed by atoms with van der Waals surface area (Å²) in [7, 11) is 0. The van der Waals surface area contributed by atoms with Gasteiger partial charge in [0.1, 0.15) is 17.6 Å². The van der Waals surface area contributed by atoms with Gasteiger partial charge in [-0.05, 0) is 31.2 Å². The first-order chi connectivity index (χ1) is 11.2. The third-order valence-corrected chi connectivity index (χ3v) is 3.73. The predicted molar refractivity (Wildman–Crippen MR) is 83.9 cm³/mol. The maximum absolute atomic E-state index is 11.5. The molecule has 2 aromatic rings. The van der Waals surface area contributed by atoms with E-state index >= 15 is 0 Å². The minimum atomic E-state index is -0.391. The number of para-hydroxylation sites is 1. The van der Waals surface area contributed by atoms with Crippen molar-refractivity contribution in [3.63, 3.8) is 0 Å². The summed E-state index contributed by atoms with van der Waals surface area (Å²) < 4.78 is 16.5. The van der Waals surface area contributed by atoms with Gasteiger partial charge >= 0.3 is 5.69 Å². The quantitative estimate of drug-likeness (QED) is 0.622. The molecule has 1 aromatic carbocycles. The number of morpholine rings is 1. The molecular formula is C16H18N2O5. The number of ether oxygens (including phenoxy) is 2. The first-order valence-corrected chi connectivity index (χ1v) is 7.51. The van der Waals surface area contributed by atoms with Crippen LogP contribution in [0.4, 0.5) is 11.4 Å². The lowest BCUT2D eigenvalue weighted by atomic mass is 10.1. The van der Waals surface area contributed by atoms with Gasteiger partial charge in [0, 0.05) is 6.54 Å². The second kappa shape index (κ2) is 6.70. The summed E-state index contributed by atoms with van der Waals surface area (Å²) in [4.78, 5) is 13.1. The maximum atomic E-state index is 11.5. The van der Waals surface area contributed by atoms with Crippen LogP contribution in [0.2, 0.25) is 0 Å². The first-order valence-electron chi connectivity index (χ1n) is 7.51. The summed E-state index contributed by atoms with van der Waals surface area (Å²) >= 11 is 0. The third-order valence-electron chi connectivity index (χ3n) is 3.73. The first kappa shape index (κ1) is 15.4. The number of hydrogen-bond donors (Lipinski definition) is 0. The van der Waals surface area contributed by atoms with Crippen LogP contribution in [-0.4, -0.2) is 31.2 Å². The van der Waals surface area contributed by atoms with Gasteiger partial charge in [-0.3, -0.25) is 10.1 Å². The van der Waals surface area contributed by atoms with Crippen molar-refractivity contribution in [2.75, 3.05) is 31.2 Å². The van der Waals surface area contributed by atoms with E-state index in [1.807, 2.05) is 11.0 Å². The Bertz CT molecular complexity index is 671. The molecule has 122 valence electrons. The fourth-order valence-electron chi connectivity index (χ4n) is 2.74. The molecule has 0 spiro atoms. The monoisotopic (exact) mass is 318 g/mol. The molecule has 1 aliphatic rings. The number of anilines is 1. The number of nitro benzene ring substituents is 1. The van der Waals surface area contributed by atoms with Crippen molar-refractivity contribution < 1.29 is 18.8 Å². The third kappa shape index (κ3) is 3.14. The van der Waals surface area contributed by atoms with Crippen molar-refractivity contribution in [2.45, 2.75) is 13.0 Å². The summed E-state index contributed by atoms with van der Waals surface area (Å²) in [5, 5.41) is 11.5.